The van der Waals surface area contributed by atoms with Crippen molar-refractivity contribution in [3.63, 3.8) is 0 Å². The second-order valence-electron chi connectivity index (χ2n) is 6.75. The largest absolute Gasteiger partial charge is 0.489 e. The van der Waals surface area contributed by atoms with Crippen LogP contribution in [0.3, 0.4) is 0 Å². The summed E-state index contributed by atoms with van der Waals surface area (Å²) in [5.74, 6) is -2.56. The zero-order valence-corrected chi connectivity index (χ0v) is 16.8. The molecular weight excluding hydrogens is 437 g/mol. The first-order valence-electron chi connectivity index (χ1n) is 9.11. The number of halogens is 5. The normalized spacial score (nSPS) is 11.3. The number of pyridine rings is 1. The highest BCUT2D eigenvalue weighted by molar-refractivity contribution is 5.90. The maximum absolute atomic E-state index is 13.7. The molecule has 10 heteroatoms. The van der Waals surface area contributed by atoms with Gasteiger partial charge in [-0.2, -0.15) is 13.2 Å². The summed E-state index contributed by atoms with van der Waals surface area (Å²) >= 11 is 0. The van der Waals surface area contributed by atoms with Gasteiger partial charge < -0.3 is 9.47 Å². The molecule has 0 aliphatic heterocycles. The highest BCUT2D eigenvalue weighted by Crippen LogP contribution is 2.35. The summed E-state index contributed by atoms with van der Waals surface area (Å²) in [5, 5.41) is 0. The second-order valence-corrected chi connectivity index (χ2v) is 6.75. The molecule has 0 atom stereocenters. The SMILES string of the molecule is COC(=O)c1ccc(-n2c(C)cc(OCc3ccc(F)cc3F)cc2=O)c(C(F)(F)F)c1. The van der Waals surface area contributed by atoms with Crippen LogP contribution < -0.4 is 10.3 Å². The molecule has 0 N–H and O–H groups in total. The van der Waals surface area contributed by atoms with Crippen molar-refractivity contribution in [1.82, 2.24) is 4.57 Å². The summed E-state index contributed by atoms with van der Waals surface area (Å²) in [6.07, 6.45) is -4.86. The second kappa shape index (κ2) is 8.81. The molecule has 0 saturated heterocycles. The van der Waals surface area contributed by atoms with Gasteiger partial charge in [-0.1, -0.05) is 0 Å². The van der Waals surface area contributed by atoms with Crippen LogP contribution in [-0.4, -0.2) is 17.6 Å². The third-order valence-electron chi connectivity index (χ3n) is 4.56. The van der Waals surface area contributed by atoms with Crippen LogP contribution in [-0.2, 0) is 17.5 Å². The number of methoxy groups -OCH3 is 1. The lowest BCUT2D eigenvalue weighted by Gasteiger charge is -2.18. The van der Waals surface area contributed by atoms with E-state index in [0.29, 0.717) is 12.1 Å². The van der Waals surface area contributed by atoms with E-state index in [-0.39, 0.29) is 29.2 Å². The molecule has 5 nitrogen and oxygen atoms in total. The fourth-order valence-corrected chi connectivity index (χ4v) is 3.07. The average molecular weight is 453 g/mol. The minimum absolute atomic E-state index is 0.00721. The number of alkyl halides is 3. The van der Waals surface area contributed by atoms with Crippen LogP contribution in [0.5, 0.6) is 5.75 Å². The van der Waals surface area contributed by atoms with Crippen molar-refractivity contribution in [2.45, 2.75) is 19.7 Å². The maximum atomic E-state index is 13.7. The van der Waals surface area contributed by atoms with Gasteiger partial charge in [0.05, 0.1) is 23.9 Å². The highest BCUT2D eigenvalue weighted by Gasteiger charge is 2.35. The van der Waals surface area contributed by atoms with Crippen LogP contribution in [0.25, 0.3) is 5.69 Å². The number of benzene rings is 2. The predicted molar refractivity (Wildman–Crippen MR) is 104 cm³/mol. The molecule has 32 heavy (non-hydrogen) atoms. The molecular formula is C22H16F5NO4. The lowest BCUT2D eigenvalue weighted by atomic mass is 10.1. The maximum Gasteiger partial charge on any atom is 0.418 e. The van der Waals surface area contributed by atoms with Crippen molar-refractivity contribution < 1.29 is 36.2 Å². The molecule has 168 valence electrons. The number of esters is 1. The Morgan fingerprint density at radius 3 is 2.34 bits per heavy atom. The molecule has 3 rings (SSSR count). The van der Waals surface area contributed by atoms with E-state index >= 15 is 0 Å². The van der Waals surface area contributed by atoms with Crippen LogP contribution in [0.15, 0.2) is 53.3 Å². The Bertz CT molecular complexity index is 1230. The van der Waals surface area contributed by atoms with E-state index in [1.807, 2.05) is 0 Å². The zero-order chi connectivity index (χ0) is 23.6. The third kappa shape index (κ3) is 4.79. The predicted octanol–water partition coefficient (Wildman–Crippen LogP) is 4.81. The van der Waals surface area contributed by atoms with E-state index < -0.39 is 40.6 Å². The summed E-state index contributed by atoms with van der Waals surface area (Å²) in [6, 6.07) is 7.87. The number of ether oxygens (including phenoxy) is 2. The Labute approximate surface area is 178 Å². The Hall–Kier alpha value is -3.69. The van der Waals surface area contributed by atoms with Crippen LogP contribution in [0.4, 0.5) is 22.0 Å². The van der Waals surface area contributed by atoms with E-state index in [0.717, 1.165) is 35.9 Å². The van der Waals surface area contributed by atoms with Gasteiger partial charge in [0, 0.05) is 29.5 Å². The topological polar surface area (TPSA) is 57.5 Å². The number of aromatic nitrogens is 1. The van der Waals surface area contributed by atoms with Gasteiger partial charge in [-0.25, -0.2) is 13.6 Å². The van der Waals surface area contributed by atoms with Gasteiger partial charge in [-0.15, -0.1) is 0 Å². The van der Waals surface area contributed by atoms with Gasteiger partial charge in [-0.05, 0) is 37.3 Å². The van der Waals surface area contributed by atoms with Crippen LogP contribution >= 0.6 is 0 Å². The number of hydrogen-bond acceptors (Lipinski definition) is 4. The molecule has 0 amide bonds. The van der Waals surface area contributed by atoms with Gasteiger partial charge in [-0.3, -0.25) is 9.36 Å². The van der Waals surface area contributed by atoms with Crippen molar-refractivity contribution in [2.75, 3.05) is 7.11 Å². The Morgan fingerprint density at radius 1 is 1.03 bits per heavy atom. The summed E-state index contributed by atoms with van der Waals surface area (Å²) < 4.78 is 78.3. The van der Waals surface area contributed by atoms with E-state index in [1.54, 1.807) is 0 Å². The van der Waals surface area contributed by atoms with Crippen molar-refractivity contribution >= 4 is 5.97 Å². The van der Waals surface area contributed by atoms with Crippen LogP contribution in [0, 0.1) is 18.6 Å². The average Bonchev–Trinajstić information content (AvgIpc) is 2.71. The fraction of sp³-hybridized carbons (Fsp3) is 0.182. The monoisotopic (exact) mass is 453 g/mol. The van der Waals surface area contributed by atoms with Gasteiger partial charge in [0.15, 0.2) is 0 Å². The molecule has 1 heterocycles. The van der Waals surface area contributed by atoms with Crippen molar-refractivity contribution in [2.24, 2.45) is 0 Å². The standard InChI is InChI=1S/C22H16F5NO4/c1-12-7-16(32-11-14-3-5-15(23)9-18(14)24)10-20(29)28(12)19-6-4-13(21(30)31-2)8-17(19)22(25,26)27/h3-10H,11H2,1-2H3. The molecule has 0 fully saturated rings. The highest BCUT2D eigenvalue weighted by atomic mass is 19.4. The molecule has 0 unspecified atom stereocenters. The van der Waals surface area contributed by atoms with Crippen molar-refractivity contribution in [1.29, 1.82) is 0 Å². The van der Waals surface area contributed by atoms with E-state index in [2.05, 4.69) is 4.74 Å². The van der Waals surface area contributed by atoms with Crippen molar-refractivity contribution in [3.05, 3.63) is 92.9 Å². The molecule has 0 aliphatic rings. The summed E-state index contributed by atoms with van der Waals surface area (Å²) in [7, 11) is 1.04. The summed E-state index contributed by atoms with van der Waals surface area (Å²) in [4.78, 5) is 24.3. The number of hydrogen-bond donors (Lipinski definition) is 0. The first-order chi connectivity index (χ1) is 15.0. The van der Waals surface area contributed by atoms with E-state index in [9.17, 15) is 31.5 Å². The molecule has 0 aliphatic carbocycles. The van der Waals surface area contributed by atoms with Crippen LogP contribution in [0.2, 0.25) is 0 Å². The molecule has 1 aromatic heterocycles. The first-order valence-corrected chi connectivity index (χ1v) is 9.11. The number of rotatable bonds is 5. The Balaban J connectivity index is 1.99. The fourth-order valence-electron chi connectivity index (χ4n) is 3.07. The molecule has 0 spiro atoms. The minimum Gasteiger partial charge on any atom is -0.489 e. The Kier molecular flexibility index (Phi) is 6.33. The minimum atomic E-state index is -4.86. The lowest BCUT2D eigenvalue weighted by molar-refractivity contribution is -0.137. The van der Waals surface area contributed by atoms with Crippen LogP contribution in [0.1, 0.15) is 27.2 Å². The summed E-state index contributed by atoms with van der Waals surface area (Å²) in [6.45, 7) is 1.07. The molecule has 3 aromatic rings. The Morgan fingerprint density at radius 2 is 1.75 bits per heavy atom. The third-order valence-corrected chi connectivity index (χ3v) is 4.56. The number of aryl methyl sites for hydroxylation is 1. The molecule has 2 aromatic carbocycles. The smallest absolute Gasteiger partial charge is 0.418 e. The summed E-state index contributed by atoms with van der Waals surface area (Å²) in [5.41, 5.74) is -2.71. The molecule has 0 radical (unpaired) electrons. The van der Waals surface area contributed by atoms with Gasteiger partial charge in [0.1, 0.15) is 24.0 Å². The number of nitrogens with zero attached hydrogens (tertiary/aromatic N) is 1. The molecule has 0 bridgehead atoms. The van der Waals surface area contributed by atoms with Gasteiger partial charge in [0.2, 0.25) is 0 Å². The van der Waals surface area contributed by atoms with Gasteiger partial charge >= 0.3 is 12.1 Å². The lowest BCUT2D eigenvalue weighted by Crippen LogP contribution is -2.23. The van der Waals surface area contributed by atoms with Gasteiger partial charge in [0.25, 0.3) is 5.56 Å². The molecule has 0 saturated carbocycles. The van der Waals surface area contributed by atoms with E-state index in [1.165, 1.54) is 19.1 Å². The van der Waals surface area contributed by atoms with E-state index in [4.69, 9.17) is 4.74 Å². The first kappa shape index (κ1) is 23.0. The zero-order valence-electron chi connectivity index (χ0n) is 16.8. The number of carbonyl (C=O) groups excluding carboxylic acids is 1. The van der Waals surface area contributed by atoms with Crippen molar-refractivity contribution in [3.8, 4) is 11.4 Å². The quantitative estimate of drug-likeness (QED) is 0.411. The number of carbonyl (C=O) groups is 1.